The van der Waals surface area contributed by atoms with Crippen LogP contribution in [-0.2, 0) is 22.8 Å². The lowest BCUT2D eigenvalue weighted by Crippen LogP contribution is -2.44. The summed E-state index contributed by atoms with van der Waals surface area (Å²) in [7, 11) is 1.72. The largest absolute Gasteiger partial charge is 0.483 e. The van der Waals surface area contributed by atoms with Crippen LogP contribution in [0.1, 0.15) is 25.3 Å². The van der Waals surface area contributed by atoms with E-state index in [2.05, 4.69) is 20.6 Å². The van der Waals surface area contributed by atoms with Gasteiger partial charge in [-0.3, -0.25) is 14.6 Å². The summed E-state index contributed by atoms with van der Waals surface area (Å²) in [5, 5.41) is 5.22. The highest BCUT2D eigenvalue weighted by molar-refractivity contribution is 6.38. The van der Waals surface area contributed by atoms with Crippen LogP contribution >= 0.6 is 11.6 Å². The van der Waals surface area contributed by atoms with Crippen LogP contribution in [0.3, 0.4) is 0 Å². The first-order valence-corrected chi connectivity index (χ1v) is 11.8. The first kappa shape index (κ1) is 27.0. The van der Waals surface area contributed by atoms with Crippen molar-refractivity contribution in [1.82, 2.24) is 14.9 Å². The molecule has 0 saturated heterocycles. The van der Waals surface area contributed by atoms with Crippen LogP contribution in [0.4, 0.5) is 24.8 Å². The van der Waals surface area contributed by atoms with Gasteiger partial charge >= 0.3 is 6.18 Å². The number of benzene rings is 2. The zero-order valence-corrected chi connectivity index (χ0v) is 21.2. The summed E-state index contributed by atoms with van der Waals surface area (Å²) in [6.07, 6.45) is -1.02. The predicted octanol–water partition coefficient (Wildman–Crippen LogP) is 4.48. The number of fused-ring (bicyclic) bond motifs is 1. The monoisotopic (exact) mass is 548 g/mol. The maximum atomic E-state index is 13.3. The molecule has 38 heavy (non-hydrogen) atoms. The number of carbonyl (C=O) groups is 2. The van der Waals surface area contributed by atoms with E-state index in [0.717, 1.165) is 6.07 Å². The topological polar surface area (TPSA) is 124 Å². The van der Waals surface area contributed by atoms with Crippen LogP contribution in [0.25, 0.3) is 11.0 Å². The van der Waals surface area contributed by atoms with Gasteiger partial charge in [0.15, 0.2) is 0 Å². The third-order valence-corrected chi connectivity index (χ3v) is 6.31. The van der Waals surface area contributed by atoms with Crippen molar-refractivity contribution in [3.63, 3.8) is 0 Å². The SMILES string of the molecule is CC(=O)NCCC1(Oc2ccc3c(c2)nc(Nc2ccc(Cl)c(C(F)(F)F)c2)n3C)C=CN=C(C(N)=O)C1. The number of alkyl halides is 3. The van der Waals surface area contributed by atoms with E-state index in [4.69, 9.17) is 22.1 Å². The molecule has 9 nitrogen and oxygen atoms in total. The van der Waals surface area contributed by atoms with E-state index in [1.165, 1.54) is 25.3 Å². The van der Waals surface area contributed by atoms with E-state index in [9.17, 15) is 22.8 Å². The number of aryl methyl sites for hydroxylation is 1. The van der Waals surface area contributed by atoms with E-state index in [1.54, 1.807) is 35.9 Å². The van der Waals surface area contributed by atoms with Crippen molar-refractivity contribution in [2.45, 2.75) is 31.5 Å². The third kappa shape index (κ3) is 5.91. The Hall–Kier alpha value is -4.06. The first-order valence-electron chi connectivity index (χ1n) is 11.4. The van der Waals surface area contributed by atoms with Crippen LogP contribution in [0.15, 0.2) is 53.7 Å². The molecule has 0 spiro atoms. The number of rotatable bonds is 8. The van der Waals surface area contributed by atoms with E-state index in [0.29, 0.717) is 29.2 Å². The van der Waals surface area contributed by atoms with Gasteiger partial charge < -0.3 is 25.7 Å². The van der Waals surface area contributed by atoms with E-state index >= 15 is 0 Å². The van der Waals surface area contributed by atoms with Crippen LogP contribution in [-0.4, -0.2) is 39.2 Å². The number of hydrogen-bond donors (Lipinski definition) is 3. The Labute approximate surface area is 220 Å². The molecule has 1 unspecified atom stereocenters. The Morgan fingerprint density at radius 3 is 2.68 bits per heavy atom. The van der Waals surface area contributed by atoms with Crippen molar-refractivity contribution in [3.8, 4) is 5.75 Å². The number of primary amides is 1. The van der Waals surface area contributed by atoms with Crippen molar-refractivity contribution in [1.29, 1.82) is 0 Å². The summed E-state index contributed by atoms with van der Waals surface area (Å²) >= 11 is 5.72. The number of halogens is 4. The Bertz CT molecular complexity index is 1470. The second-order valence-corrected chi connectivity index (χ2v) is 9.20. The summed E-state index contributed by atoms with van der Waals surface area (Å²) in [5.41, 5.74) is 4.99. The quantitative estimate of drug-likeness (QED) is 0.383. The fraction of sp³-hybridized carbons (Fsp3) is 0.280. The van der Waals surface area contributed by atoms with E-state index in [1.807, 2.05) is 0 Å². The molecule has 1 aliphatic rings. The summed E-state index contributed by atoms with van der Waals surface area (Å²) in [4.78, 5) is 31.7. The van der Waals surface area contributed by atoms with Crippen LogP contribution in [0, 0.1) is 0 Å². The standard InChI is InChI=1S/C25H24ClF3N6O3/c1-14(36)31-9-7-24(8-10-32-20(13-24)22(30)37)38-16-4-6-21-19(12-16)34-23(35(21)2)33-15-3-5-18(26)17(11-15)25(27,28)29/h3-6,8,10-12H,7,9,13H2,1-2H3,(H2,30,37)(H,31,36)(H,33,34). The van der Waals surface area contributed by atoms with Crippen molar-refractivity contribution >= 4 is 51.8 Å². The van der Waals surface area contributed by atoms with Crippen LogP contribution in [0.5, 0.6) is 5.75 Å². The molecule has 4 N–H and O–H groups in total. The lowest BCUT2D eigenvalue weighted by Gasteiger charge is -2.33. The fourth-order valence-corrected chi connectivity index (χ4v) is 4.31. The number of aromatic nitrogens is 2. The number of nitrogens with one attached hydrogen (secondary N) is 2. The fourth-order valence-electron chi connectivity index (χ4n) is 4.08. The molecule has 0 saturated carbocycles. The Morgan fingerprint density at radius 2 is 2.00 bits per heavy atom. The molecule has 200 valence electrons. The maximum absolute atomic E-state index is 13.3. The number of imidazole rings is 1. The number of aliphatic imine (C=N–C) groups is 1. The Morgan fingerprint density at radius 1 is 1.24 bits per heavy atom. The van der Waals surface area contributed by atoms with Gasteiger partial charge in [0, 0.05) is 51.3 Å². The average molecular weight is 549 g/mol. The highest BCUT2D eigenvalue weighted by atomic mass is 35.5. The van der Waals surface area contributed by atoms with E-state index < -0.39 is 28.3 Å². The zero-order chi connectivity index (χ0) is 27.7. The van der Waals surface area contributed by atoms with Gasteiger partial charge in [0.2, 0.25) is 11.9 Å². The highest BCUT2D eigenvalue weighted by Gasteiger charge is 2.35. The van der Waals surface area contributed by atoms with Crippen molar-refractivity contribution in [3.05, 3.63) is 59.3 Å². The molecular formula is C25H24ClF3N6O3. The van der Waals surface area contributed by atoms with Gasteiger partial charge in [-0.2, -0.15) is 13.2 Å². The average Bonchev–Trinajstić information content (AvgIpc) is 3.13. The second-order valence-electron chi connectivity index (χ2n) is 8.79. The van der Waals surface area contributed by atoms with Crippen LogP contribution < -0.4 is 21.1 Å². The molecule has 0 radical (unpaired) electrons. The minimum Gasteiger partial charge on any atom is -0.483 e. The van der Waals surface area contributed by atoms with Gasteiger partial charge in [-0.25, -0.2) is 4.98 Å². The molecule has 1 atom stereocenters. The molecule has 0 aliphatic carbocycles. The third-order valence-electron chi connectivity index (χ3n) is 5.98. The Balaban J connectivity index is 1.61. The molecule has 2 heterocycles. The molecule has 4 rings (SSSR count). The summed E-state index contributed by atoms with van der Waals surface area (Å²) in [5.74, 6) is -0.157. The smallest absolute Gasteiger partial charge is 0.417 e. The molecule has 0 bridgehead atoms. The number of nitrogens with zero attached hydrogens (tertiary/aromatic N) is 3. The van der Waals surface area contributed by atoms with Crippen molar-refractivity contribution in [2.75, 3.05) is 11.9 Å². The van der Waals surface area contributed by atoms with Gasteiger partial charge in [0.05, 0.1) is 21.6 Å². The first-order chi connectivity index (χ1) is 17.9. The summed E-state index contributed by atoms with van der Waals surface area (Å²) in [6.45, 7) is 1.68. The minimum absolute atomic E-state index is 0.101. The number of anilines is 2. The van der Waals surface area contributed by atoms with Crippen molar-refractivity contribution in [2.24, 2.45) is 17.8 Å². The normalized spacial score (nSPS) is 17.3. The van der Waals surface area contributed by atoms with Gasteiger partial charge in [-0.1, -0.05) is 11.6 Å². The van der Waals surface area contributed by atoms with Gasteiger partial charge in [0.1, 0.15) is 17.1 Å². The van der Waals surface area contributed by atoms with Gasteiger partial charge in [-0.15, -0.1) is 0 Å². The number of amides is 2. The number of ether oxygens (including phenoxy) is 1. The number of nitrogens with two attached hydrogens (primary N) is 1. The lowest BCUT2D eigenvalue weighted by atomic mass is 9.90. The highest BCUT2D eigenvalue weighted by Crippen LogP contribution is 2.37. The predicted molar refractivity (Wildman–Crippen MR) is 137 cm³/mol. The maximum Gasteiger partial charge on any atom is 0.417 e. The summed E-state index contributed by atoms with van der Waals surface area (Å²) < 4.78 is 47.8. The molecule has 1 aromatic heterocycles. The molecule has 0 fully saturated rings. The summed E-state index contributed by atoms with van der Waals surface area (Å²) in [6, 6.07) is 8.65. The number of carbonyl (C=O) groups excluding carboxylic acids is 2. The van der Waals surface area contributed by atoms with Crippen molar-refractivity contribution < 1.29 is 27.5 Å². The van der Waals surface area contributed by atoms with Crippen LogP contribution in [0.2, 0.25) is 5.02 Å². The molecule has 13 heteroatoms. The molecule has 2 aromatic carbocycles. The lowest BCUT2D eigenvalue weighted by molar-refractivity contribution is -0.137. The van der Waals surface area contributed by atoms with Gasteiger partial charge in [0.25, 0.3) is 5.91 Å². The minimum atomic E-state index is -4.60. The van der Waals surface area contributed by atoms with E-state index in [-0.39, 0.29) is 30.3 Å². The number of hydrogen-bond acceptors (Lipinski definition) is 6. The van der Waals surface area contributed by atoms with Gasteiger partial charge in [-0.05, 0) is 36.4 Å². The second kappa shape index (κ2) is 10.4. The molecule has 1 aliphatic heterocycles. The zero-order valence-electron chi connectivity index (χ0n) is 20.4. The Kier molecular flexibility index (Phi) is 7.36. The molecule has 2 amide bonds. The molecular weight excluding hydrogens is 525 g/mol. The molecule has 3 aromatic rings.